The van der Waals surface area contributed by atoms with Gasteiger partial charge in [-0.3, -0.25) is 0 Å². The molecule has 1 heterocycles. The van der Waals surface area contributed by atoms with Gasteiger partial charge < -0.3 is 0 Å². The molecule has 0 nitrogen and oxygen atoms in total. The molecule has 1 aliphatic carbocycles. The summed E-state index contributed by atoms with van der Waals surface area (Å²) in [7, 11) is 6.28. The van der Waals surface area contributed by atoms with Gasteiger partial charge in [-0.2, -0.15) is 0 Å². The van der Waals surface area contributed by atoms with E-state index in [0.29, 0.717) is 0 Å². The second-order valence-corrected chi connectivity index (χ2v) is 7.51. The minimum atomic E-state index is 0.868. The van der Waals surface area contributed by atoms with Crippen LogP contribution in [0.5, 0.6) is 0 Å². The van der Waals surface area contributed by atoms with Crippen LogP contribution in [-0.2, 0) is 0 Å². The summed E-state index contributed by atoms with van der Waals surface area (Å²) in [5.74, 6) is 0. The first-order valence-corrected chi connectivity index (χ1v) is 8.90. The number of fused-ring (bicyclic) bond motifs is 6. The average Bonchev–Trinajstić information content (AvgIpc) is 3.12. The highest BCUT2D eigenvalue weighted by Crippen LogP contribution is 2.50. The molecule has 0 spiro atoms. The van der Waals surface area contributed by atoms with Gasteiger partial charge in [0.2, 0.25) is 0 Å². The molecule has 24 heavy (non-hydrogen) atoms. The lowest BCUT2D eigenvalue weighted by molar-refractivity contribution is 1.78. The third-order valence-electron chi connectivity index (χ3n) is 5.15. The Bertz CT molecular complexity index is 1310. The van der Waals surface area contributed by atoms with Crippen molar-refractivity contribution in [1.29, 1.82) is 0 Å². The lowest BCUT2D eigenvalue weighted by Gasteiger charge is -2.03. The molecule has 1 aliphatic rings. The van der Waals surface area contributed by atoms with E-state index in [2.05, 4.69) is 54.6 Å². The van der Waals surface area contributed by atoms with Crippen molar-refractivity contribution in [2.24, 2.45) is 0 Å². The van der Waals surface area contributed by atoms with Crippen molar-refractivity contribution < 1.29 is 0 Å². The first-order valence-electron chi connectivity index (χ1n) is 8.08. The summed E-state index contributed by atoms with van der Waals surface area (Å²) < 4.78 is 2.58. The van der Waals surface area contributed by atoms with Gasteiger partial charge in [-0.25, -0.2) is 0 Å². The predicted octanol–water partition coefficient (Wildman–Crippen LogP) is 5.65. The Morgan fingerprint density at radius 2 is 1.33 bits per heavy atom. The van der Waals surface area contributed by atoms with Gasteiger partial charge in [0, 0.05) is 14.8 Å². The van der Waals surface area contributed by atoms with Gasteiger partial charge >= 0.3 is 0 Å². The standard InChI is InChI=1S/C22H11BS/c23-18-8-3-9-19-22(18)17-10-15-13-6-1-4-12-5-2-7-14(21(12)13)16(15)11-20(17)24-19/h1-11H. The van der Waals surface area contributed by atoms with E-state index in [1.165, 1.54) is 53.2 Å². The molecule has 5 aromatic rings. The van der Waals surface area contributed by atoms with Crippen LogP contribution >= 0.6 is 11.3 Å². The molecule has 0 saturated carbocycles. The van der Waals surface area contributed by atoms with E-state index in [-0.39, 0.29) is 0 Å². The van der Waals surface area contributed by atoms with Crippen LogP contribution < -0.4 is 5.46 Å². The Balaban J connectivity index is 1.83. The van der Waals surface area contributed by atoms with Gasteiger partial charge in [0.15, 0.2) is 0 Å². The predicted molar refractivity (Wildman–Crippen MR) is 107 cm³/mol. The average molecular weight is 318 g/mol. The molecule has 0 atom stereocenters. The van der Waals surface area contributed by atoms with Crippen LogP contribution in [0.15, 0.2) is 66.7 Å². The Morgan fingerprint density at radius 1 is 0.625 bits per heavy atom. The van der Waals surface area contributed by atoms with Crippen molar-refractivity contribution in [1.82, 2.24) is 0 Å². The van der Waals surface area contributed by atoms with Gasteiger partial charge in [-0.15, -0.1) is 11.3 Å². The molecular formula is C22H11BS. The molecule has 6 rings (SSSR count). The quantitative estimate of drug-likeness (QED) is 0.318. The van der Waals surface area contributed by atoms with E-state index in [4.69, 9.17) is 7.85 Å². The van der Waals surface area contributed by atoms with Crippen LogP contribution in [0, 0.1) is 0 Å². The van der Waals surface area contributed by atoms with Gasteiger partial charge in [0.1, 0.15) is 7.85 Å². The highest BCUT2D eigenvalue weighted by atomic mass is 32.1. The van der Waals surface area contributed by atoms with E-state index in [9.17, 15) is 0 Å². The highest BCUT2D eigenvalue weighted by molar-refractivity contribution is 7.26. The molecule has 0 N–H and O–H groups in total. The first kappa shape index (κ1) is 12.8. The number of hydrogen-bond acceptors (Lipinski definition) is 1. The summed E-state index contributed by atoms with van der Waals surface area (Å²) in [5, 5.41) is 5.17. The number of thiophene rings is 1. The second-order valence-electron chi connectivity index (χ2n) is 6.43. The zero-order valence-electron chi connectivity index (χ0n) is 12.8. The third-order valence-corrected chi connectivity index (χ3v) is 6.27. The van der Waals surface area contributed by atoms with Crippen LogP contribution in [0.1, 0.15) is 0 Å². The fourth-order valence-electron chi connectivity index (χ4n) is 4.14. The van der Waals surface area contributed by atoms with E-state index >= 15 is 0 Å². The zero-order valence-corrected chi connectivity index (χ0v) is 13.7. The Morgan fingerprint density at radius 3 is 2.12 bits per heavy atom. The maximum Gasteiger partial charge on any atom is 0.114 e. The third kappa shape index (κ3) is 1.45. The minimum Gasteiger partial charge on any atom is -0.135 e. The molecular weight excluding hydrogens is 307 g/mol. The first-order chi connectivity index (χ1) is 11.8. The molecule has 108 valence electrons. The number of benzene rings is 4. The van der Waals surface area contributed by atoms with Crippen molar-refractivity contribution >= 4 is 55.6 Å². The van der Waals surface area contributed by atoms with E-state index in [0.717, 1.165) is 5.46 Å². The van der Waals surface area contributed by atoms with Crippen LogP contribution in [-0.4, -0.2) is 7.85 Å². The lowest BCUT2D eigenvalue weighted by Crippen LogP contribution is -2.01. The summed E-state index contributed by atoms with van der Waals surface area (Å²) in [5.41, 5.74) is 6.24. The molecule has 2 heteroatoms. The fraction of sp³-hybridized carbons (Fsp3) is 0. The Hall–Kier alpha value is -2.58. The van der Waals surface area contributed by atoms with Crippen molar-refractivity contribution in [3.63, 3.8) is 0 Å². The minimum absolute atomic E-state index is 0.868. The SMILES string of the molecule is [B]c1cccc2sc3cc4c(cc3c12)-c1cccc2cccc-4c12. The Labute approximate surface area is 144 Å². The summed E-state index contributed by atoms with van der Waals surface area (Å²) in [6, 6.07) is 24.1. The molecule has 0 amide bonds. The normalized spacial score (nSPS) is 12.3. The van der Waals surface area contributed by atoms with Gasteiger partial charge in [-0.05, 0) is 56.6 Å². The van der Waals surface area contributed by atoms with Crippen molar-refractivity contribution in [3.05, 3.63) is 66.7 Å². The van der Waals surface area contributed by atoms with Crippen LogP contribution in [0.4, 0.5) is 0 Å². The van der Waals surface area contributed by atoms with Crippen LogP contribution in [0.3, 0.4) is 0 Å². The van der Waals surface area contributed by atoms with Gasteiger partial charge in [0.25, 0.3) is 0 Å². The van der Waals surface area contributed by atoms with Crippen molar-refractivity contribution in [2.45, 2.75) is 0 Å². The molecule has 0 fully saturated rings. The molecule has 0 unspecified atom stereocenters. The topological polar surface area (TPSA) is 0 Å². The maximum absolute atomic E-state index is 6.28. The fourth-order valence-corrected chi connectivity index (χ4v) is 5.30. The van der Waals surface area contributed by atoms with Crippen molar-refractivity contribution in [2.75, 3.05) is 0 Å². The van der Waals surface area contributed by atoms with Crippen LogP contribution in [0.25, 0.3) is 53.2 Å². The van der Waals surface area contributed by atoms with Gasteiger partial charge in [0.05, 0.1) is 0 Å². The van der Waals surface area contributed by atoms with Crippen LogP contribution in [0.2, 0.25) is 0 Å². The number of rotatable bonds is 0. The maximum atomic E-state index is 6.28. The van der Waals surface area contributed by atoms with Crippen molar-refractivity contribution in [3.8, 4) is 22.3 Å². The van der Waals surface area contributed by atoms with E-state index < -0.39 is 0 Å². The number of hydrogen-bond donors (Lipinski definition) is 0. The molecule has 4 aromatic carbocycles. The highest BCUT2D eigenvalue weighted by Gasteiger charge is 2.22. The summed E-state index contributed by atoms with van der Waals surface area (Å²) in [4.78, 5) is 0. The smallest absolute Gasteiger partial charge is 0.114 e. The largest absolute Gasteiger partial charge is 0.135 e. The Kier molecular flexibility index (Phi) is 2.28. The summed E-state index contributed by atoms with van der Waals surface area (Å²) in [6.07, 6.45) is 0. The molecule has 0 bridgehead atoms. The monoisotopic (exact) mass is 318 g/mol. The summed E-state index contributed by atoms with van der Waals surface area (Å²) in [6.45, 7) is 0. The zero-order chi connectivity index (χ0) is 15.8. The molecule has 0 saturated heterocycles. The molecule has 1 aromatic heterocycles. The molecule has 2 radical (unpaired) electrons. The second kappa shape index (κ2) is 4.28. The van der Waals surface area contributed by atoms with E-state index in [1.54, 1.807) is 0 Å². The lowest BCUT2D eigenvalue weighted by atomic mass is 9.90. The van der Waals surface area contributed by atoms with E-state index in [1.807, 2.05) is 23.5 Å². The molecule has 0 aliphatic heterocycles. The summed E-state index contributed by atoms with van der Waals surface area (Å²) >= 11 is 1.83. The van der Waals surface area contributed by atoms with Gasteiger partial charge in [-0.1, -0.05) is 54.0 Å².